The summed E-state index contributed by atoms with van der Waals surface area (Å²) in [7, 11) is 2.08. The summed E-state index contributed by atoms with van der Waals surface area (Å²) >= 11 is 6.25. The zero-order valence-electron chi connectivity index (χ0n) is 25.7. The Hall–Kier alpha value is -3.69. The van der Waals surface area contributed by atoms with Gasteiger partial charge in [-0.2, -0.15) is 5.26 Å². The quantitative estimate of drug-likeness (QED) is 0.256. The lowest BCUT2D eigenvalue weighted by atomic mass is 9.71. The Morgan fingerprint density at radius 2 is 1.59 bits per heavy atom. The van der Waals surface area contributed by atoms with E-state index in [9.17, 15) is 5.26 Å². The maximum absolute atomic E-state index is 10.1. The minimum absolute atomic E-state index is 0.143. The van der Waals surface area contributed by atoms with Crippen molar-refractivity contribution in [2.75, 3.05) is 33.2 Å². The van der Waals surface area contributed by atoms with Crippen molar-refractivity contribution in [3.63, 3.8) is 0 Å². The van der Waals surface area contributed by atoms with Crippen LogP contribution in [0.15, 0.2) is 102 Å². The van der Waals surface area contributed by atoms with Crippen LogP contribution in [0.2, 0.25) is 5.02 Å². The van der Waals surface area contributed by atoms with Crippen molar-refractivity contribution in [2.45, 2.75) is 56.5 Å². The van der Waals surface area contributed by atoms with Gasteiger partial charge in [0.2, 0.25) is 0 Å². The normalized spacial score (nSPS) is 19.9. The Morgan fingerprint density at radius 3 is 2.30 bits per heavy atom. The highest BCUT2D eigenvalue weighted by molar-refractivity contribution is 6.30. The second-order valence-corrected chi connectivity index (χ2v) is 12.9. The molecule has 5 nitrogen and oxygen atoms in total. The minimum Gasteiger partial charge on any atom is -0.355 e. The van der Waals surface area contributed by atoms with Crippen LogP contribution in [0.25, 0.3) is 0 Å². The van der Waals surface area contributed by atoms with Gasteiger partial charge in [-0.25, -0.2) is 0 Å². The fraction of sp³-hybridized carbons (Fsp3) is 0.368. The van der Waals surface area contributed by atoms with E-state index < -0.39 is 0 Å². The van der Waals surface area contributed by atoms with Crippen LogP contribution < -0.4 is 0 Å². The predicted octanol–water partition coefficient (Wildman–Crippen LogP) is 8.08. The molecule has 2 aliphatic heterocycles. The SMILES string of the molecule is CN1C=CC=NC(C2(c3ccc(C#N)c(CN4CCN(C(c5ccccc5)c5ccc(Cl)cc5)CC4)c3)CCCCCC2)=C1. The second-order valence-electron chi connectivity index (χ2n) is 12.5. The van der Waals surface area contributed by atoms with E-state index in [2.05, 4.69) is 101 Å². The Balaban J connectivity index is 1.24. The van der Waals surface area contributed by atoms with Gasteiger partial charge in [-0.1, -0.05) is 91.9 Å². The molecule has 6 heteroatoms. The number of aliphatic imine (C=N–C) groups is 1. The first-order valence-corrected chi connectivity index (χ1v) is 16.4. The molecule has 3 aromatic carbocycles. The van der Waals surface area contributed by atoms with Crippen molar-refractivity contribution < 1.29 is 0 Å². The average molecular weight is 604 g/mol. The molecular weight excluding hydrogens is 562 g/mol. The first-order valence-electron chi connectivity index (χ1n) is 16.0. The van der Waals surface area contributed by atoms with Gasteiger partial charge in [-0.3, -0.25) is 14.8 Å². The lowest BCUT2D eigenvalue weighted by Crippen LogP contribution is -2.47. The van der Waals surface area contributed by atoms with Gasteiger partial charge in [0, 0.05) is 68.8 Å². The second kappa shape index (κ2) is 13.9. The molecule has 2 fully saturated rings. The molecule has 1 atom stereocenters. The number of hydrogen-bond donors (Lipinski definition) is 0. The lowest BCUT2D eigenvalue weighted by molar-refractivity contribution is 0.105. The van der Waals surface area contributed by atoms with Gasteiger partial charge in [-0.05, 0) is 59.4 Å². The summed E-state index contributed by atoms with van der Waals surface area (Å²) in [6.07, 6.45) is 15.3. The third kappa shape index (κ3) is 6.69. The number of nitriles is 1. The van der Waals surface area contributed by atoms with Crippen LogP contribution in [0.1, 0.15) is 72.4 Å². The fourth-order valence-electron chi connectivity index (χ4n) is 7.29. The zero-order valence-corrected chi connectivity index (χ0v) is 26.5. The average Bonchev–Trinajstić information content (AvgIpc) is 3.45. The zero-order chi connectivity index (χ0) is 30.4. The number of piperazine rings is 1. The summed E-state index contributed by atoms with van der Waals surface area (Å²) in [4.78, 5) is 12.2. The predicted molar refractivity (Wildman–Crippen MR) is 181 cm³/mol. The Morgan fingerprint density at radius 1 is 0.886 bits per heavy atom. The summed E-state index contributed by atoms with van der Waals surface area (Å²) < 4.78 is 0. The molecule has 1 saturated heterocycles. The number of nitrogens with zero attached hydrogens (tertiary/aromatic N) is 5. The maximum atomic E-state index is 10.1. The Kier molecular flexibility index (Phi) is 9.62. The van der Waals surface area contributed by atoms with Gasteiger partial charge in [-0.15, -0.1) is 0 Å². The van der Waals surface area contributed by atoms with Crippen LogP contribution in [0.5, 0.6) is 0 Å². The molecule has 0 spiro atoms. The molecule has 2 heterocycles. The molecule has 3 aromatic rings. The molecule has 0 bridgehead atoms. The molecule has 0 radical (unpaired) electrons. The molecule has 1 saturated carbocycles. The molecule has 0 amide bonds. The van der Waals surface area contributed by atoms with E-state index >= 15 is 0 Å². The molecule has 0 aromatic heterocycles. The van der Waals surface area contributed by atoms with Crippen LogP contribution >= 0.6 is 11.6 Å². The molecule has 44 heavy (non-hydrogen) atoms. The topological polar surface area (TPSA) is 45.9 Å². The third-order valence-electron chi connectivity index (χ3n) is 9.64. The van der Waals surface area contributed by atoms with E-state index in [1.165, 1.54) is 42.4 Å². The van der Waals surface area contributed by atoms with E-state index in [1.54, 1.807) is 0 Å². The number of halogens is 1. The molecule has 226 valence electrons. The number of rotatable bonds is 7. The fourth-order valence-corrected chi connectivity index (χ4v) is 7.41. The molecule has 1 unspecified atom stereocenters. The van der Waals surface area contributed by atoms with Gasteiger partial charge in [0.15, 0.2) is 0 Å². The van der Waals surface area contributed by atoms with Gasteiger partial charge < -0.3 is 4.90 Å². The van der Waals surface area contributed by atoms with Crippen LogP contribution in [0.3, 0.4) is 0 Å². The lowest BCUT2D eigenvalue weighted by Gasteiger charge is -2.40. The van der Waals surface area contributed by atoms with Crippen molar-refractivity contribution in [2.24, 2.45) is 4.99 Å². The van der Waals surface area contributed by atoms with Gasteiger partial charge in [0.05, 0.1) is 23.4 Å². The highest BCUT2D eigenvalue weighted by Gasteiger charge is 2.38. The van der Waals surface area contributed by atoms with Crippen molar-refractivity contribution in [3.05, 3.63) is 130 Å². The van der Waals surface area contributed by atoms with Crippen molar-refractivity contribution in [1.82, 2.24) is 14.7 Å². The van der Waals surface area contributed by atoms with Crippen molar-refractivity contribution in [1.29, 1.82) is 5.26 Å². The van der Waals surface area contributed by atoms with Crippen LogP contribution in [-0.2, 0) is 12.0 Å². The molecule has 6 rings (SSSR count). The van der Waals surface area contributed by atoms with Crippen molar-refractivity contribution >= 4 is 17.8 Å². The molecule has 3 aliphatic rings. The minimum atomic E-state index is -0.143. The molecule has 1 aliphatic carbocycles. The third-order valence-corrected chi connectivity index (χ3v) is 9.89. The Labute approximate surface area is 267 Å². The first-order chi connectivity index (χ1) is 21.6. The smallest absolute Gasteiger partial charge is 0.0995 e. The van der Waals surface area contributed by atoms with Gasteiger partial charge >= 0.3 is 0 Å². The first kappa shape index (κ1) is 30.3. The van der Waals surface area contributed by atoms with Crippen LogP contribution in [0, 0.1) is 11.3 Å². The van der Waals surface area contributed by atoms with Crippen LogP contribution in [0.4, 0.5) is 0 Å². The number of allylic oxidation sites excluding steroid dienone is 2. The van der Waals surface area contributed by atoms with Crippen molar-refractivity contribution in [3.8, 4) is 6.07 Å². The van der Waals surface area contributed by atoms with Crippen LogP contribution in [-0.4, -0.2) is 54.1 Å². The number of hydrogen-bond acceptors (Lipinski definition) is 5. The van der Waals surface area contributed by atoms with E-state index in [-0.39, 0.29) is 11.5 Å². The monoisotopic (exact) mass is 603 g/mol. The van der Waals surface area contributed by atoms with E-state index in [4.69, 9.17) is 16.6 Å². The standard InChI is InChI=1S/C38H42ClN5/c1-42-21-9-20-41-36(29-42)38(18-7-2-3-8-19-38)34-15-12-32(27-40)33(26-34)28-43-22-24-44(25-23-43)37(30-10-5-4-6-11-30)31-13-16-35(39)17-14-31/h4-6,9-17,20-21,26,29,37H,2-3,7-8,18-19,22-25,28H2,1H3. The largest absolute Gasteiger partial charge is 0.355 e. The highest BCUT2D eigenvalue weighted by atomic mass is 35.5. The van der Waals surface area contributed by atoms with E-state index in [0.29, 0.717) is 0 Å². The number of benzene rings is 3. The summed E-state index contributed by atoms with van der Waals surface area (Å²) in [5.74, 6) is 0. The Bertz CT molecular complexity index is 1540. The summed E-state index contributed by atoms with van der Waals surface area (Å²) in [6.45, 7) is 4.58. The summed E-state index contributed by atoms with van der Waals surface area (Å²) in [6, 6.07) is 28.3. The van der Waals surface area contributed by atoms with E-state index in [1.807, 2.05) is 24.4 Å². The van der Waals surface area contributed by atoms with Gasteiger partial charge in [0.1, 0.15) is 0 Å². The van der Waals surface area contributed by atoms with E-state index in [0.717, 1.165) is 67.4 Å². The molecule has 0 N–H and O–H groups in total. The summed E-state index contributed by atoms with van der Waals surface area (Å²) in [5, 5.41) is 10.9. The summed E-state index contributed by atoms with van der Waals surface area (Å²) in [5.41, 5.74) is 6.76. The van der Waals surface area contributed by atoms with Gasteiger partial charge in [0.25, 0.3) is 0 Å². The maximum Gasteiger partial charge on any atom is 0.0995 e. The highest BCUT2D eigenvalue weighted by Crippen LogP contribution is 2.45. The molecular formula is C38H42ClN5.